The molecule has 0 aliphatic carbocycles. The minimum absolute atomic E-state index is 0.0320. The molecule has 0 aromatic heterocycles. The molecule has 0 aliphatic rings. The lowest BCUT2D eigenvalue weighted by molar-refractivity contribution is -0.152. The molecule has 0 heterocycles. The maximum Gasteiger partial charge on any atom is 0.309 e. The van der Waals surface area contributed by atoms with Crippen molar-refractivity contribution in [1.82, 2.24) is 0 Å². The second kappa shape index (κ2) is 6.74. The van der Waals surface area contributed by atoms with Crippen molar-refractivity contribution in [3.8, 4) is 0 Å². The highest BCUT2D eigenvalue weighted by atomic mass is 35.5. The second-order valence-corrected chi connectivity index (χ2v) is 5.74. The summed E-state index contributed by atoms with van der Waals surface area (Å²) in [6.45, 7) is 3.25. The monoisotopic (exact) mass is 322 g/mol. The fourth-order valence-corrected chi connectivity index (χ4v) is 2.73. The third kappa shape index (κ3) is 3.62. The summed E-state index contributed by atoms with van der Waals surface area (Å²) < 4.78 is 13.6. The highest BCUT2D eigenvalue weighted by Crippen LogP contribution is 2.38. The number of hydrogen-bond acceptors (Lipinski definition) is 2. The van der Waals surface area contributed by atoms with Crippen LogP contribution in [0.1, 0.15) is 38.7 Å². The second-order valence-electron chi connectivity index (χ2n) is 4.93. The number of carboxylic acid groups (broad SMARTS) is 1. The van der Waals surface area contributed by atoms with Crippen molar-refractivity contribution in [2.24, 2.45) is 5.92 Å². The summed E-state index contributed by atoms with van der Waals surface area (Å²) in [7, 11) is 0. The maximum absolute atomic E-state index is 13.6. The molecule has 6 heteroatoms. The Labute approximate surface area is 127 Å². The Kier molecular flexibility index (Phi) is 5.80. The quantitative estimate of drug-likeness (QED) is 0.770. The number of hydrogen-bond donors (Lipinski definition) is 2. The van der Waals surface area contributed by atoms with Gasteiger partial charge in [-0.05, 0) is 25.5 Å². The van der Waals surface area contributed by atoms with E-state index in [-0.39, 0.29) is 22.0 Å². The summed E-state index contributed by atoms with van der Waals surface area (Å²) in [5.74, 6) is -2.96. The normalized spacial score (nSPS) is 15.7. The zero-order chi connectivity index (χ0) is 15.5. The molecule has 0 fully saturated rings. The summed E-state index contributed by atoms with van der Waals surface area (Å²) in [5.41, 5.74) is -1.74. The lowest BCUT2D eigenvalue weighted by Gasteiger charge is -2.31. The Morgan fingerprint density at radius 2 is 2.00 bits per heavy atom. The van der Waals surface area contributed by atoms with Crippen LogP contribution < -0.4 is 0 Å². The molecule has 0 radical (unpaired) electrons. The van der Waals surface area contributed by atoms with E-state index >= 15 is 0 Å². The Bertz CT molecular complexity index is 503. The van der Waals surface area contributed by atoms with E-state index in [2.05, 4.69) is 0 Å². The Morgan fingerprint density at radius 3 is 2.50 bits per heavy atom. The molecule has 3 nitrogen and oxygen atoms in total. The van der Waals surface area contributed by atoms with Crippen LogP contribution in [0.2, 0.25) is 10.0 Å². The Hall–Kier alpha value is -0.840. The predicted octanol–water partition coefficient (Wildman–Crippen LogP) is 4.23. The van der Waals surface area contributed by atoms with E-state index < -0.39 is 23.3 Å². The summed E-state index contributed by atoms with van der Waals surface area (Å²) in [5, 5.41) is 19.7. The number of aliphatic carboxylic acids is 1. The number of carbonyl (C=O) groups is 1. The fourth-order valence-electron chi connectivity index (χ4n) is 2.15. The molecule has 2 atom stereocenters. The van der Waals surface area contributed by atoms with Crippen molar-refractivity contribution >= 4 is 29.2 Å². The van der Waals surface area contributed by atoms with Gasteiger partial charge < -0.3 is 10.2 Å². The summed E-state index contributed by atoms with van der Waals surface area (Å²) in [6, 6.07) is 2.16. The van der Waals surface area contributed by atoms with E-state index in [1.54, 1.807) is 0 Å². The van der Waals surface area contributed by atoms with Crippen molar-refractivity contribution in [2.45, 2.75) is 38.7 Å². The number of aliphatic hydroxyl groups is 1. The third-order valence-electron chi connectivity index (χ3n) is 3.38. The number of rotatable bonds is 6. The first-order valence-electron chi connectivity index (χ1n) is 6.32. The highest BCUT2D eigenvalue weighted by Gasteiger charge is 2.40. The average molecular weight is 323 g/mol. The molecule has 1 aromatic carbocycles. The van der Waals surface area contributed by atoms with Crippen molar-refractivity contribution in [3.63, 3.8) is 0 Å². The van der Waals surface area contributed by atoms with Gasteiger partial charge in [0, 0.05) is 10.6 Å². The topological polar surface area (TPSA) is 57.5 Å². The lowest BCUT2D eigenvalue weighted by Crippen LogP contribution is -2.37. The van der Waals surface area contributed by atoms with Gasteiger partial charge in [-0.3, -0.25) is 4.79 Å². The van der Waals surface area contributed by atoms with Crippen LogP contribution in [0.15, 0.2) is 12.1 Å². The van der Waals surface area contributed by atoms with E-state index in [9.17, 15) is 19.4 Å². The van der Waals surface area contributed by atoms with Crippen LogP contribution in [0.5, 0.6) is 0 Å². The van der Waals surface area contributed by atoms with Gasteiger partial charge in [-0.1, -0.05) is 43.0 Å². The van der Waals surface area contributed by atoms with E-state index in [1.807, 2.05) is 6.92 Å². The molecular weight excluding hydrogens is 306 g/mol. The molecule has 1 rings (SSSR count). The molecule has 0 saturated heterocycles. The minimum Gasteiger partial charge on any atom is -0.481 e. The maximum atomic E-state index is 13.6. The predicted molar refractivity (Wildman–Crippen MR) is 76.6 cm³/mol. The largest absolute Gasteiger partial charge is 0.481 e. The SMILES string of the molecule is CCCCC(C(=O)O)C(C)(O)c1cc(F)c(Cl)cc1Cl. The van der Waals surface area contributed by atoms with E-state index in [0.29, 0.717) is 6.42 Å². The minimum atomic E-state index is -1.77. The van der Waals surface area contributed by atoms with Crippen LogP contribution in [-0.2, 0) is 10.4 Å². The summed E-state index contributed by atoms with van der Waals surface area (Å²) in [6.07, 6.45) is 1.71. The zero-order valence-electron chi connectivity index (χ0n) is 11.3. The Morgan fingerprint density at radius 1 is 1.40 bits per heavy atom. The molecule has 112 valence electrons. The summed E-state index contributed by atoms with van der Waals surface area (Å²) >= 11 is 11.6. The molecule has 0 spiro atoms. The lowest BCUT2D eigenvalue weighted by atomic mass is 9.80. The average Bonchev–Trinajstić information content (AvgIpc) is 2.33. The zero-order valence-corrected chi connectivity index (χ0v) is 12.8. The summed E-state index contributed by atoms with van der Waals surface area (Å²) in [4.78, 5) is 11.4. The van der Waals surface area contributed by atoms with Gasteiger partial charge in [0.15, 0.2) is 0 Å². The van der Waals surface area contributed by atoms with Crippen molar-refractivity contribution in [2.75, 3.05) is 0 Å². The van der Waals surface area contributed by atoms with E-state index in [0.717, 1.165) is 12.5 Å². The number of unbranched alkanes of at least 4 members (excludes halogenated alkanes) is 1. The van der Waals surface area contributed by atoms with Crippen LogP contribution in [0, 0.1) is 11.7 Å². The fraction of sp³-hybridized carbons (Fsp3) is 0.500. The van der Waals surface area contributed by atoms with E-state index in [4.69, 9.17) is 23.2 Å². The van der Waals surface area contributed by atoms with Crippen LogP contribution in [0.3, 0.4) is 0 Å². The molecule has 20 heavy (non-hydrogen) atoms. The third-order valence-corrected chi connectivity index (χ3v) is 3.98. The molecule has 0 saturated carbocycles. The van der Waals surface area contributed by atoms with Crippen LogP contribution in [0.25, 0.3) is 0 Å². The van der Waals surface area contributed by atoms with Crippen molar-refractivity contribution < 1.29 is 19.4 Å². The molecular formula is C14H17Cl2FO3. The molecule has 0 bridgehead atoms. The molecule has 1 aromatic rings. The molecule has 0 aliphatic heterocycles. The van der Waals surface area contributed by atoms with Gasteiger partial charge in [0.05, 0.1) is 10.9 Å². The highest BCUT2D eigenvalue weighted by molar-refractivity contribution is 6.35. The van der Waals surface area contributed by atoms with Crippen LogP contribution in [0.4, 0.5) is 4.39 Å². The van der Waals surface area contributed by atoms with Gasteiger partial charge in [-0.2, -0.15) is 0 Å². The van der Waals surface area contributed by atoms with Crippen LogP contribution in [-0.4, -0.2) is 16.2 Å². The first-order valence-corrected chi connectivity index (χ1v) is 7.07. The van der Waals surface area contributed by atoms with Gasteiger partial charge >= 0.3 is 5.97 Å². The Balaban J connectivity index is 3.25. The smallest absolute Gasteiger partial charge is 0.309 e. The van der Waals surface area contributed by atoms with Crippen molar-refractivity contribution in [3.05, 3.63) is 33.6 Å². The number of halogens is 3. The van der Waals surface area contributed by atoms with Gasteiger partial charge in [-0.25, -0.2) is 4.39 Å². The van der Waals surface area contributed by atoms with Gasteiger partial charge in [0.25, 0.3) is 0 Å². The molecule has 2 unspecified atom stereocenters. The number of carboxylic acids is 1. The van der Waals surface area contributed by atoms with Gasteiger partial charge in [0.1, 0.15) is 11.4 Å². The van der Waals surface area contributed by atoms with E-state index in [1.165, 1.54) is 13.0 Å². The molecule has 2 N–H and O–H groups in total. The van der Waals surface area contributed by atoms with Gasteiger partial charge in [-0.15, -0.1) is 0 Å². The van der Waals surface area contributed by atoms with Crippen LogP contribution >= 0.6 is 23.2 Å². The van der Waals surface area contributed by atoms with Crippen molar-refractivity contribution in [1.29, 1.82) is 0 Å². The number of benzene rings is 1. The first-order chi connectivity index (χ1) is 9.21. The first kappa shape index (κ1) is 17.2. The standard InChI is InChI=1S/C14H17Cl2FO3/c1-3-4-5-8(13(18)19)14(2,20)9-6-12(17)11(16)7-10(9)15/h6-8,20H,3-5H2,1-2H3,(H,18,19). The molecule has 0 amide bonds. The van der Waals surface area contributed by atoms with Gasteiger partial charge in [0.2, 0.25) is 0 Å².